The minimum absolute atomic E-state index is 0.0517. The fourth-order valence-electron chi connectivity index (χ4n) is 3.80. The summed E-state index contributed by atoms with van der Waals surface area (Å²) in [5, 5.41) is 2.73. The predicted octanol–water partition coefficient (Wildman–Crippen LogP) is 3.40. The number of hydrogen-bond acceptors (Lipinski definition) is 2. The number of terminal acetylenes is 1. The van der Waals surface area contributed by atoms with Gasteiger partial charge in [0.05, 0.1) is 5.41 Å². The minimum Gasteiger partial charge on any atom is -0.368 e. The zero-order valence-corrected chi connectivity index (χ0v) is 16.6. The highest BCUT2D eigenvalue weighted by atomic mass is 16.2. The Morgan fingerprint density at radius 2 is 1.23 bits per heavy atom. The Kier molecular flexibility index (Phi) is 6.67. The maximum absolute atomic E-state index is 13.2. The lowest BCUT2D eigenvalue weighted by molar-refractivity contribution is -0.127. The molecule has 0 bridgehead atoms. The Labute approximate surface area is 177 Å². The van der Waals surface area contributed by atoms with Crippen molar-refractivity contribution in [3.63, 3.8) is 0 Å². The second kappa shape index (κ2) is 9.58. The van der Waals surface area contributed by atoms with E-state index in [0.29, 0.717) is 0 Å². The highest BCUT2D eigenvalue weighted by Gasteiger charge is 2.39. The lowest BCUT2D eigenvalue weighted by Crippen LogP contribution is -2.46. The maximum atomic E-state index is 13.2. The number of amides is 2. The first kappa shape index (κ1) is 20.9. The highest BCUT2D eigenvalue weighted by molar-refractivity contribution is 5.88. The largest absolute Gasteiger partial charge is 0.368 e. The van der Waals surface area contributed by atoms with Gasteiger partial charge in [0.25, 0.3) is 0 Å². The molecule has 1 atom stereocenters. The van der Waals surface area contributed by atoms with Crippen LogP contribution in [0.3, 0.4) is 0 Å². The molecule has 3 aromatic carbocycles. The highest BCUT2D eigenvalue weighted by Crippen LogP contribution is 2.42. The molecule has 3 rings (SSSR count). The average Bonchev–Trinajstić information content (AvgIpc) is 2.79. The van der Waals surface area contributed by atoms with Crippen molar-refractivity contribution in [1.82, 2.24) is 5.32 Å². The Morgan fingerprint density at radius 3 is 1.57 bits per heavy atom. The molecule has 0 heterocycles. The second-order valence-electron chi connectivity index (χ2n) is 7.11. The number of nitrogens with one attached hydrogen (secondary N) is 1. The summed E-state index contributed by atoms with van der Waals surface area (Å²) in [6.45, 7) is 0. The number of rotatable bonds is 8. The van der Waals surface area contributed by atoms with Crippen LogP contribution in [-0.2, 0) is 15.0 Å². The third kappa shape index (κ3) is 4.42. The monoisotopic (exact) mass is 396 g/mol. The molecule has 0 aliphatic rings. The molecule has 0 aliphatic heterocycles. The standard InChI is InChI=1S/C26H24N2O2/c1-2-12-23(25(27)30)28-24(29)19-26(20-13-6-3-7-14-20,21-15-8-4-9-16-21)22-17-10-5-11-18-22/h1,3-11,13-18,23H,12,19H2,(H2,27,30)(H,28,29)/t23-/m0/s1. The molecular weight excluding hydrogens is 372 g/mol. The van der Waals surface area contributed by atoms with Crippen LogP contribution in [0.2, 0.25) is 0 Å². The molecule has 150 valence electrons. The van der Waals surface area contributed by atoms with Crippen molar-refractivity contribution >= 4 is 11.8 Å². The van der Waals surface area contributed by atoms with Crippen LogP contribution in [0.5, 0.6) is 0 Å². The number of hydrogen-bond donors (Lipinski definition) is 2. The third-order valence-electron chi connectivity index (χ3n) is 5.23. The van der Waals surface area contributed by atoms with Crippen LogP contribution < -0.4 is 11.1 Å². The van der Waals surface area contributed by atoms with Gasteiger partial charge < -0.3 is 11.1 Å². The molecule has 3 aromatic rings. The molecule has 2 amide bonds. The molecule has 30 heavy (non-hydrogen) atoms. The van der Waals surface area contributed by atoms with E-state index in [1.807, 2.05) is 91.0 Å². The van der Waals surface area contributed by atoms with E-state index in [2.05, 4.69) is 11.2 Å². The molecule has 0 spiro atoms. The van der Waals surface area contributed by atoms with Crippen LogP contribution in [0.15, 0.2) is 91.0 Å². The Morgan fingerprint density at radius 1 is 0.833 bits per heavy atom. The van der Waals surface area contributed by atoms with Crippen LogP contribution in [-0.4, -0.2) is 17.9 Å². The Hall–Kier alpha value is -3.84. The molecule has 4 nitrogen and oxygen atoms in total. The fraction of sp³-hybridized carbons (Fsp3) is 0.154. The first-order chi connectivity index (χ1) is 14.6. The second-order valence-corrected chi connectivity index (χ2v) is 7.11. The molecule has 3 N–H and O–H groups in total. The third-order valence-corrected chi connectivity index (χ3v) is 5.23. The molecule has 0 unspecified atom stereocenters. The number of primary amides is 1. The van der Waals surface area contributed by atoms with Crippen molar-refractivity contribution in [2.24, 2.45) is 5.73 Å². The minimum atomic E-state index is -0.900. The van der Waals surface area contributed by atoms with E-state index < -0.39 is 17.4 Å². The zero-order chi connectivity index (χ0) is 21.4. The summed E-state index contributed by atoms with van der Waals surface area (Å²) >= 11 is 0. The predicted molar refractivity (Wildman–Crippen MR) is 118 cm³/mol. The summed E-state index contributed by atoms with van der Waals surface area (Å²) in [7, 11) is 0. The normalized spacial score (nSPS) is 11.8. The molecule has 0 saturated carbocycles. The summed E-state index contributed by atoms with van der Waals surface area (Å²) in [6, 6.07) is 28.8. The molecule has 4 heteroatoms. The van der Waals surface area contributed by atoms with E-state index in [9.17, 15) is 9.59 Å². The Balaban J connectivity index is 2.13. The maximum Gasteiger partial charge on any atom is 0.240 e. The van der Waals surface area contributed by atoms with Crippen molar-refractivity contribution in [3.8, 4) is 12.3 Å². The number of benzene rings is 3. The van der Waals surface area contributed by atoms with Crippen LogP contribution in [0, 0.1) is 12.3 Å². The number of carbonyl (C=O) groups is 2. The van der Waals surface area contributed by atoms with Gasteiger partial charge in [-0.15, -0.1) is 12.3 Å². The van der Waals surface area contributed by atoms with Gasteiger partial charge in [0.15, 0.2) is 0 Å². The Bertz CT molecular complexity index is 928. The summed E-state index contributed by atoms with van der Waals surface area (Å²) < 4.78 is 0. The first-order valence-corrected chi connectivity index (χ1v) is 9.76. The van der Waals surface area contributed by atoms with Gasteiger partial charge in [0.2, 0.25) is 11.8 Å². The molecule has 0 saturated heterocycles. The van der Waals surface area contributed by atoms with Crippen LogP contribution in [0.25, 0.3) is 0 Å². The van der Waals surface area contributed by atoms with Crippen LogP contribution in [0.1, 0.15) is 29.5 Å². The van der Waals surface area contributed by atoms with Gasteiger partial charge in [-0.25, -0.2) is 0 Å². The number of nitrogens with two attached hydrogens (primary N) is 1. The molecule has 0 fully saturated rings. The smallest absolute Gasteiger partial charge is 0.240 e. The SMILES string of the molecule is C#CC[C@H](NC(=O)CC(c1ccccc1)(c1ccccc1)c1ccccc1)C(N)=O. The zero-order valence-electron chi connectivity index (χ0n) is 16.6. The van der Waals surface area contributed by atoms with Crippen LogP contribution >= 0.6 is 0 Å². The van der Waals surface area contributed by atoms with Crippen molar-refractivity contribution in [2.75, 3.05) is 0 Å². The fourth-order valence-corrected chi connectivity index (χ4v) is 3.80. The van der Waals surface area contributed by atoms with Crippen molar-refractivity contribution in [2.45, 2.75) is 24.3 Å². The molecular formula is C26H24N2O2. The van der Waals surface area contributed by atoms with Gasteiger partial charge in [-0.3, -0.25) is 9.59 Å². The lowest BCUT2D eigenvalue weighted by atomic mass is 9.67. The summed E-state index contributed by atoms with van der Waals surface area (Å²) in [5.74, 6) is 1.45. The summed E-state index contributed by atoms with van der Waals surface area (Å²) in [6.07, 6.45) is 5.48. The van der Waals surface area contributed by atoms with Gasteiger partial charge in [0, 0.05) is 12.8 Å². The molecule has 0 radical (unpaired) electrons. The average molecular weight is 396 g/mol. The van der Waals surface area contributed by atoms with Gasteiger partial charge in [0.1, 0.15) is 6.04 Å². The van der Waals surface area contributed by atoms with E-state index >= 15 is 0 Å². The topological polar surface area (TPSA) is 72.2 Å². The van der Waals surface area contributed by atoms with E-state index in [4.69, 9.17) is 12.2 Å². The van der Waals surface area contributed by atoms with E-state index in [-0.39, 0.29) is 18.7 Å². The van der Waals surface area contributed by atoms with Gasteiger partial charge >= 0.3 is 0 Å². The van der Waals surface area contributed by atoms with Crippen LogP contribution in [0.4, 0.5) is 0 Å². The van der Waals surface area contributed by atoms with E-state index in [0.717, 1.165) is 16.7 Å². The quantitative estimate of drug-likeness (QED) is 0.452. The van der Waals surface area contributed by atoms with E-state index in [1.165, 1.54) is 0 Å². The summed E-state index contributed by atoms with van der Waals surface area (Å²) in [4.78, 5) is 24.9. The van der Waals surface area contributed by atoms with E-state index in [1.54, 1.807) is 0 Å². The van der Waals surface area contributed by atoms with Crippen molar-refractivity contribution in [1.29, 1.82) is 0 Å². The summed E-state index contributed by atoms with van der Waals surface area (Å²) in [5.41, 5.74) is 7.61. The number of carbonyl (C=O) groups excluding carboxylic acids is 2. The first-order valence-electron chi connectivity index (χ1n) is 9.76. The van der Waals surface area contributed by atoms with Gasteiger partial charge in [-0.2, -0.15) is 0 Å². The molecule has 0 aromatic heterocycles. The van der Waals surface area contributed by atoms with Crippen molar-refractivity contribution in [3.05, 3.63) is 108 Å². The van der Waals surface area contributed by atoms with Crippen molar-refractivity contribution < 1.29 is 9.59 Å². The van der Waals surface area contributed by atoms with Gasteiger partial charge in [-0.1, -0.05) is 91.0 Å². The van der Waals surface area contributed by atoms with Gasteiger partial charge in [-0.05, 0) is 16.7 Å². The lowest BCUT2D eigenvalue weighted by Gasteiger charge is -2.36. The molecule has 0 aliphatic carbocycles.